The third-order valence-corrected chi connectivity index (χ3v) is 8.16. The van der Waals surface area contributed by atoms with E-state index in [1.807, 2.05) is 18.2 Å². The predicted molar refractivity (Wildman–Crippen MR) is 130 cm³/mol. The topological polar surface area (TPSA) is 79.0 Å². The van der Waals surface area contributed by atoms with Gasteiger partial charge in [-0.2, -0.15) is 0 Å². The number of benzene rings is 2. The molecule has 4 atom stereocenters. The summed E-state index contributed by atoms with van der Waals surface area (Å²) < 4.78 is 6.52. The number of carbonyl (C=O) groups is 3. The van der Waals surface area contributed by atoms with Gasteiger partial charge in [0.1, 0.15) is 17.9 Å². The van der Waals surface area contributed by atoms with Crippen LogP contribution in [-0.4, -0.2) is 58.8 Å². The van der Waals surface area contributed by atoms with E-state index in [0.29, 0.717) is 30.5 Å². The van der Waals surface area contributed by atoms with Gasteiger partial charge in [0.05, 0.1) is 0 Å². The quantitative estimate of drug-likeness (QED) is 0.675. The zero-order valence-corrected chi connectivity index (χ0v) is 19.8. The van der Waals surface area contributed by atoms with Crippen molar-refractivity contribution in [3.8, 4) is 5.75 Å². The van der Waals surface area contributed by atoms with E-state index >= 15 is 0 Å². The number of imide groups is 1. The highest BCUT2D eigenvalue weighted by molar-refractivity contribution is 6.05. The molecule has 182 valence electrons. The Balaban J connectivity index is 1.12. The van der Waals surface area contributed by atoms with E-state index < -0.39 is 6.04 Å². The molecule has 7 nitrogen and oxygen atoms in total. The van der Waals surface area contributed by atoms with Gasteiger partial charge in [0, 0.05) is 31.1 Å². The summed E-state index contributed by atoms with van der Waals surface area (Å²) in [6, 6.07) is 16.3. The van der Waals surface area contributed by atoms with Crippen molar-refractivity contribution in [1.29, 1.82) is 0 Å². The Morgan fingerprint density at radius 2 is 1.80 bits per heavy atom. The van der Waals surface area contributed by atoms with Crippen LogP contribution in [0.3, 0.4) is 0 Å². The number of hydrogen-bond acceptors (Lipinski definition) is 5. The molecule has 6 rings (SSSR count). The van der Waals surface area contributed by atoms with Gasteiger partial charge in [0.15, 0.2) is 0 Å². The van der Waals surface area contributed by atoms with E-state index in [4.69, 9.17) is 4.74 Å². The fraction of sp³-hybridized carbons (Fsp3) is 0.464. The summed E-state index contributed by atoms with van der Waals surface area (Å²) in [5, 5.41) is 2.36. The molecule has 1 saturated carbocycles. The van der Waals surface area contributed by atoms with Crippen molar-refractivity contribution in [1.82, 2.24) is 15.1 Å². The van der Waals surface area contributed by atoms with Gasteiger partial charge < -0.3 is 9.64 Å². The van der Waals surface area contributed by atoms with Crippen molar-refractivity contribution in [2.24, 2.45) is 0 Å². The summed E-state index contributed by atoms with van der Waals surface area (Å²) in [5.41, 5.74) is 2.93. The average Bonchev–Trinajstić information content (AvgIpc) is 3.59. The van der Waals surface area contributed by atoms with Gasteiger partial charge in [-0.3, -0.25) is 24.6 Å². The number of carbonyl (C=O) groups excluding carboxylic acids is 3. The maximum atomic E-state index is 13.0. The van der Waals surface area contributed by atoms with Crippen LogP contribution in [0.4, 0.5) is 0 Å². The summed E-state index contributed by atoms with van der Waals surface area (Å²) in [7, 11) is 0. The average molecular weight is 474 g/mol. The molecule has 0 aromatic heterocycles. The highest BCUT2D eigenvalue weighted by Gasteiger charge is 2.40. The van der Waals surface area contributed by atoms with Crippen molar-refractivity contribution in [2.75, 3.05) is 13.1 Å². The number of nitrogens with one attached hydrogen (secondary N) is 1. The van der Waals surface area contributed by atoms with Gasteiger partial charge >= 0.3 is 0 Å². The smallest absolute Gasteiger partial charge is 0.255 e. The van der Waals surface area contributed by atoms with Crippen LogP contribution in [0.2, 0.25) is 0 Å². The summed E-state index contributed by atoms with van der Waals surface area (Å²) in [5.74, 6) is 0.570. The fourth-order valence-electron chi connectivity index (χ4n) is 6.35. The Bertz CT molecular complexity index is 1150. The van der Waals surface area contributed by atoms with E-state index in [1.165, 1.54) is 12.0 Å². The van der Waals surface area contributed by atoms with Gasteiger partial charge in [0.2, 0.25) is 11.8 Å². The van der Waals surface area contributed by atoms with Crippen molar-refractivity contribution >= 4 is 17.7 Å². The zero-order chi connectivity index (χ0) is 23.9. The van der Waals surface area contributed by atoms with Crippen LogP contribution in [0.15, 0.2) is 48.5 Å². The van der Waals surface area contributed by atoms with E-state index in [-0.39, 0.29) is 30.2 Å². The summed E-state index contributed by atoms with van der Waals surface area (Å²) in [4.78, 5) is 41.0. The van der Waals surface area contributed by atoms with Crippen LogP contribution < -0.4 is 10.1 Å². The molecule has 3 heterocycles. The van der Waals surface area contributed by atoms with Crippen LogP contribution in [0.5, 0.6) is 5.75 Å². The minimum absolute atomic E-state index is 0.144. The van der Waals surface area contributed by atoms with Crippen molar-refractivity contribution in [3.63, 3.8) is 0 Å². The number of nitrogens with zero attached hydrogens (tertiary/aromatic N) is 2. The van der Waals surface area contributed by atoms with E-state index in [2.05, 4.69) is 40.5 Å². The first kappa shape index (κ1) is 22.3. The molecule has 3 fully saturated rings. The van der Waals surface area contributed by atoms with Crippen molar-refractivity contribution < 1.29 is 19.1 Å². The Kier molecular flexibility index (Phi) is 5.80. The van der Waals surface area contributed by atoms with Gasteiger partial charge in [0.25, 0.3) is 5.91 Å². The van der Waals surface area contributed by atoms with Crippen molar-refractivity contribution in [2.45, 2.75) is 69.2 Å². The lowest BCUT2D eigenvalue weighted by atomic mass is 9.99. The van der Waals surface area contributed by atoms with Crippen molar-refractivity contribution in [3.05, 3.63) is 65.2 Å². The lowest BCUT2D eigenvalue weighted by molar-refractivity contribution is -0.136. The molecule has 3 amide bonds. The third kappa shape index (κ3) is 4.22. The molecular formula is C28H31N3O4. The monoisotopic (exact) mass is 473 g/mol. The van der Waals surface area contributed by atoms with E-state index in [1.54, 1.807) is 4.90 Å². The largest absolute Gasteiger partial charge is 0.489 e. The number of ether oxygens (including phenoxy) is 1. The van der Waals surface area contributed by atoms with E-state index in [9.17, 15) is 14.4 Å². The Morgan fingerprint density at radius 3 is 2.63 bits per heavy atom. The molecule has 2 aromatic rings. The van der Waals surface area contributed by atoms with Gasteiger partial charge in [-0.1, -0.05) is 30.3 Å². The number of amides is 3. The minimum Gasteiger partial charge on any atom is -0.489 e. The minimum atomic E-state index is -0.594. The summed E-state index contributed by atoms with van der Waals surface area (Å²) in [6.07, 6.45) is 5.31. The molecule has 0 bridgehead atoms. The van der Waals surface area contributed by atoms with Crippen LogP contribution >= 0.6 is 0 Å². The normalized spacial score (nSPS) is 28.9. The van der Waals surface area contributed by atoms with Crippen LogP contribution in [0.25, 0.3) is 0 Å². The van der Waals surface area contributed by atoms with Gasteiger partial charge in [-0.25, -0.2) is 0 Å². The molecule has 3 aliphatic heterocycles. The Labute approximate surface area is 205 Å². The van der Waals surface area contributed by atoms with Gasteiger partial charge in [-0.15, -0.1) is 0 Å². The second kappa shape index (κ2) is 9.11. The standard InChI is InChI=1S/C28H31N3O4/c32-26-12-11-24(27(33)29-26)31-17-20-15-21(9-10-22(20)28(31)34)35-25-8-4-7-23(25)30-14-13-19(16-30)18-5-2-1-3-6-18/h1-3,5-6,9-10,15,19,23-25H,4,7-8,11-14,16-17H2,(H,29,32,33)/t19-,23+,24?,25+/m0/s1. The number of hydrogen-bond donors (Lipinski definition) is 1. The maximum absolute atomic E-state index is 13.0. The van der Waals surface area contributed by atoms with Crippen LogP contribution in [-0.2, 0) is 16.1 Å². The van der Waals surface area contributed by atoms with Crippen LogP contribution in [0.1, 0.15) is 65.9 Å². The lowest BCUT2D eigenvalue weighted by Gasteiger charge is -2.30. The molecule has 0 spiro atoms. The lowest BCUT2D eigenvalue weighted by Crippen LogP contribution is -2.52. The SMILES string of the molecule is O=C1CCC(N2Cc3cc(O[C@@H]4CCC[C@H]4N4CC[C@H](c5ccccc5)C4)ccc3C2=O)C(=O)N1. The Hall–Kier alpha value is -3.19. The molecule has 1 aliphatic carbocycles. The highest BCUT2D eigenvalue weighted by Crippen LogP contribution is 2.36. The number of likely N-dealkylation sites (tertiary alicyclic amines) is 1. The summed E-state index contributed by atoms with van der Waals surface area (Å²) >= 11 is 0. The second-order valence-corrected chi connectivity index (χ2v) is 10.3. The highest BCUT2D eigenvalue weighted by atomic mass is 16.5. The second-order valence-electron chi connectivity index (χ2n) is 10.3. The molecule has 1 N–H and O–H groups in total. The molecule has 2 aromatic carbocycles. The maximum Gasteiger partial charge on any atom is 0.255 e. The van der Waals surface area contributed by atoms with Crippen LogP contribution in [0, 0.1) is 0 Å². The molecule has 4 aliphatic rings. The van der Waals surface area contributed by atoms with E-state index in [0.717, 1.165) is 43.7 Å². The zero-order valence-electron chi connectivity index (χ0n) is 19.8. The first-order chi connectivity index (χ1) is 17.1. The molecule has 2 saturated heterocycles. The molecular weight excluding hydrogens is 442 g/mol. The molecule has 0 radical (unpaired) electrons. The summed E-state index contributed by atoms with van der Waals surface area (Å²) in [6.45, 7) is 2.55. The number of rotatable bonds is 5. The Morgan fingerprint density at radius 1 is 0.943 bits per heavy atom. The van der Waals surface area contributed by atoms with Gasteiger partial charge in [-0.05, 0) is 73.9 Å². The molecule has 7 heteroatoms. The first-order valence-electron chi connectivity index (χ1n) is 12.8. The molecule has 35 heavy (non-hydrogen) atoms. The predicted octanol–water partition coefficient (Wildman–Crippen LogP) is 3.24. The number of piperidine rings is 1. The first-order valence-corrected chi connectivity index (χ1v) is 12.8. The number of fused-ring (bicyclic) bond motifs is 1. The third-order valence-electron chi connectivity index (χ3n) is 8.16. The fourth-order valence-corrected chi connectivity index (χ4v) is 6.35. The molecule has 1 unspecified atom stereocenters.